The van der Waals surface area contributed by atoms with Crippen LogP contribution in [0, 0.1) is 0 Å². The lowest BCUT2D eigenvalue weighted by atomic mass is 10.1. The summed E-state index contributed by atoms with van der Waals surface area (Å²) in [4.78, 5) is 21.0. The lowest BCUT2D eigenvalue weighted by molar-refractivity contribution is 0.0935. The van der Waals surface area contributed by atoms with Crippen LogP contribution in [0.4, 0.5) is 5.95 Å². The monoisotopic (exact) mass is 376 g/mol. The number of nitrogens with zero attached hydrogens (tertiary/aromatic N) is 2. The Morgan fingerprint density at radius 2 is 1.93 bits per heavy atom. The normalized spacial score (nSPS) is 11.5. The zero-order chi connectivity index (χ0) is 19.8. The van der Waals surface area contributed by atoms with Crippen LogP contribution in [-0.4, -0.2) is 29.5 Å². The van der Waals surface area contributed by atoms with Crippen molar-refractivity contribution in [2.75, 3.05) is 19.0 Å². The molecular weight excluding hydrogens is 352 g/mol. The molecule has 0 aliphatic heterocycles. The molecule has 1 aromatic heterocycles. The van der Waals surface area contributed by atoms with Crippen molar-refractivity contribution in [1.82, 2.24) is 15.3 Å². The average Bonchev–Trinajstić information content (AvgIpc) is 2.74. The van der Waals surface area contributed by atoms with Gasteiger partial charge in [-0.05, 0) is 42.7 Å². The highest BCUT2D eigenvalue weighted by Gasteiger charge is 2.13. The molecule has 0 radical (unpaired) electrons. The number of rotatable bonds is 8. The summed E-state index contributed by atoms with van der Waals surface area (Å²) in [6, 6.07) is 19.2. The first-order valence-corrected chi connectivity index (χ1v) is 9.21. The van der Waals surface area contributed by atoms with Crippen molar-refractivity contribution in [3.63, 3.8) is 0 Å². The lowest BCUT2D eigenvalue weighted by Gasteiger charge is -2.14. The van der Waals surface area contributed by atoms with Crippen LogP contribution < -0.4 is 15.4 Å². The predicted octanol–water partition coefficient (Wildman–Crippen LogP) is 3.63. The number of hydrogen-bond donors (Lipinski definition) is 2. The minimum Gasteiger partial charge on any atom is -0.497 e. The molecule has 6 heteroatoms. The van der Waals surface area contributed by atoms with Gasteiger partial charge in [-0.15, -0.1) is 0 Å². The SMILES string of the molecule is COc1cccc(CCNc2nccc(C(=O)NC(C)c3ccccc3)n2)c1. The number of aromatic nitrogens is 2. The van der Waals surface area contributed by atoms with Gasteiger partial charge in [-0.1, -0.05) is 42.5 Å². The molecule has 3 rings (SSSR count). The Labute approximate surface area is 165 Å². The van der Waals surface area contributed by atoms with Crippen molar-refractivity contribution in [2.45, 2.75) is 19.4 Å². The van der Waals surface area contributed by atoms with E-state index < -0.39 is 0 Å². The summed E-state index contributed by atoms with van der Waals surface area (Å²) in [7, 11) is 1.65. The Morgan fingerprint density at radius 1 is 1.11 bits per heavy atom. The predicted molar refractivity (Wildman–Crippen MR) is 110 cm³/mol. The fourth-order valence-electron chi connectivity index (χ4n) is 2.81. The summed E-state index contributed by atoms with van der Waals surface area (Å²) in [5.74, 6) is 1.04. The summed E-state index contributed by atoms with van der Waals surface area (Å²) in [6.07, 6.45) is 2.38. The number of carbonyl (C=O) groups is 1. The van der Waals surface area contributed by atoms with Crippen molar-refractivity contribution >= 4 is 11.9 Å². The van der Waals surface area contributed by atoms with Gasteiger partial charge in [0.05, 0.1) is 13.2 Å². The van der Waals surface area contributed by atoms with Crippen LogP contribution >= 0.6 is 0 Å². The van der Waals surface area contributed by atoms with Crippen LogP contribution in [0.2, 0.25) is 0 Å². The van der Waals surface area contributed by atoms with Crippen molar-refractivity contribution in [3.05, 3.63) is 83.7 Å². The minimum atomic E-state index is -0.227. The Hall–Kier alpha value is -3.41. The average molecular weight is 376 g/mol. The van der Waals surface area contributed by atoms with Crippen molar-refractivity contribution in [3.8, 4) is 5.75 Å². The van der Waals surface area contributed by atoms with Crippen LogP contribution in [0.25, 0.3) is 0 Å². The zero-order valence-electron chi connectivity index (χ0n) is 16.1. The summed E-state index contributed by atoms with van der Waals surface area (Å²) in [5, 5.41) is 6.13. The van der Waals surface area contributed by atoms with Gasteiger partial charge in [0.1, 0.15) is 11.4 Å². The minimum absolute atomic E-state index is 0.104. The number of ether oxygens (including phenoxy) is 1. The third-order valence-electron chi connectivity index (χ3n) is 4.37. The van der Waals surface area contributed by atoms with Crippen LogP contribution in [-0.2, 0) is 6.42 Å². The number of benzene rings is 2. The van der Waals surface area contributed by atoms with Gasteiger partial charge in [-0.2, -0.15) is 0 Å². The van der Waals surface area contributed by atoms with Gasteiger partial charge in [0.15, 0.2) is 0 Å². The molecule has 1 amide bonds. The van der Waals surface area contributed by atoms with Crippen LogP contribution in [0.3, 0.4) is 0 Å². The largest absolute Gasteiger partial charge is 0.497 e. The maximum absolute atomic E-state index is 12.5. The molecule has 0 saturated carbocycles. The molecule has 28 heavy (non-hydrogen) atoms. The van der Waals surface area contributed by atoms with Crippen LogP contribution in [0.5, 0.6) is 5.75 Å². The van der Waals surface area contributed by atoms with Crippen LogP contribution in [0.15, 0.2) is 66.9 Å². The summed E-state index contributed by atoms with van der Waals surface area (Å²) in [6.45, 7) is 2.60. The molecule has 2 aromatic carbocycles. The first-order valence-electron chi connectivity index (χ1n) is 9.21. The van der Waals surface area contributed by atoms with E-state index in [9.17, 15) is 4.79 Å². The Bertz CT molecular complexity index is 915. The van der Waals surface area contributed by atoms with Crippen molar-refractivity contribution in [1.29, 1.82) is 0 Å². The Morgan fingerprint density at radius 3 is 2.71 bits per heavy atom. The smallest absolute Gasteiger partial charge is 0.270 e. The van der Waals surface area contributed by atoms with Gasteiger partial charge in [0.25, 0.3) is 5.91 Å². The van der Waals surface area contributed by atoms with Crippen molar-refractivity contribution < 1.29 is 9.53 Å². The quantitative estimate of drug-likeness (QED) is 0.628. The third-order valence-corrected chi connectivity index (χ3v) is 4.37. The van der Waals surface area contributed by atoms with E-state index in [2.05, 4.69) is 20.6 Å². The van der Waals surface area contributed by atoms with Gasteiger partial charge >= 0.3 is 0 Å². The fourth-order valence-corrected chi connectivity index (χ4v) is 2.81. The zero-order valence-corrected chi connectivity index (χ0v) is 16.1. The standard InChI is InChI=1S/C22H24N4O2/c1-16(18-8-4-3-5-9-18)25-21(27)20-12-14-24-22(26-20)23-13-11-17-7-6-10-19(15-17)28-2/h3-10,12,14-16H,11,13H2,1-2H3,(H,25,27)(H,23,24,26). The van der Waals surface area contributed by atoms with E-state index in [1.165, 1.54) is 0 Å². The molecule has 1 heterocycles. The van der Waals surface area contributed by atoms with Gasteiger partial charge in [0.2, 0.25) is 5.95 Å². The van der Waals surface area contributed by atoms with E-state index in [1.807, 2.05) is 61.5 Å². The Balaban J connectivity index is 1.56. The van der Waals surface area contributed by atoms with Gasteiger partial charge in [0, 0.05) is 12.7 Å². The first-order chi connectivity index (χ1) is 13.7. The second kappa shape index (κ2) is 9.50. The maximum Gasteiger partial charge on any atom is 0.270 e. The highest BCUT2D eigenvalue weighted by molar-refractivity contribution is 5.92. The second-order valence-electron chi connectivity index (χ2n) is 6.40. The molecule has 0 aliphatic carbocycles. The number of amides is 1. The molecule has 1 unspecified atom stereocenters. The maximum atomic E-state index is 12.5. The number of anilines is 1. The van der Waals surface area contributed by atoms with E-state index >= 15 is 0 Å². The second-order valence-corrected chi connectivity index (χ2v) is 6.40. The number of methoxy groups -OCH3 is 1. The van der Waals surface area contributed by atoms with E-state index in [4.69, 9.17) is 4.74 Å². The Kier molecular flexibility index (Phi) is 6.57. The molecule has 0 fully saturated rings. The van der Waals surface area contributed by atoms with Gasteiger partial charge < -0.3 is 15.4 Å². The molecule has 0 saturated heterocycles. The molecule has 0 aliphatic rings. The first kappa shape index (κ1) is 19.4. The molecule has 144 valence electrons. The van der Waals surface area contributed by atoms with Crippen LogP contribution in [0.1, 0.15) is 34.6 Å². The molecule has 6 nitrogen and oxygen atoms in total. The number of hydrogen-bond acceptors (Lipinski definition) is 5. The molecular formula is C22H24N4O2. The lowest BCUT2D eigenvalue weighted by Crippen LogP contribution is -2.27. The highest BCUT2D eigenvalue weighted by atomic mass is 16.5. The van der Waals surface area contributed by atoms with E-state index in [-0.39, 0.29) is 11.9 Å². The number of carbonyl (C=O) groups excluding carboxylic acids is 1. The molecule has 1 atom stereocenters. The fraction of sp³-hybridized carbons (Fsp3) is 0.227. The summed E-state index contributed by atoms with van der Waals surface area (Å²) >= 11 is 0. The highest BCUT2D eigenvalue weighted by Crippen LogP contribution is 2.14. The van der Waals surface area contributed by atoms with E-state index in [1.54, 1.807) is 19.4 Å². The molecule has 3 aromatic rings. The summed E-state index contributed by atoms with van der Waals surface area (Å²) in [5.41, 5.74) is 2.53. The van der Waals surface area contributed by atoms with E-state index in [0.717, 1.165) is 23.3 Å². The number of nitrogens with one attached hydrogen (secondary N) is 2. The van der Waals surface area contributed by atoms with Gasteiger partial charge in [-0.3, -0.25) is 4.79 Å². The van der Waals surface area contributed by atoms with E-state index in [0.29, 0.717) is 18.2 Å². The molecule has 0 bridgehead atoms. The summed E-state index contributed by atoms with van der Waals surface area (Å²) < 4.78 is 5.24. The topological polar surface area (TPSA) is 76.1 Å². The molecule has 0 spiro atoms. The van der Waals surface area contributed by atoms with Gasteiger partial charge in [-0.25, -0.2) is 9.97 Å². The van der Waals surface area contributed by atoms with Crippen molar-refractivity contribution in [2.24, 2.45) is 0 Å². The molecule has 2 N–H and O–H groups in total. The third kappa shape index (κ3) is 5.30.